The van der Waals surface area contributed by atoms with Gasteiger partial charge in [-0.25, -0.2) is 0 Å². The molecule has 0 bridgehead atoms. The van der Waals surface area contributed by atoms with E-state index in [1.807, 2.05) is 24.3 Å². The third kappa shape index (κ3) is 6.04. The number of halogens is 1. The number of pyridine rings is 1. The average molecular weight is 521 g/mol. The monoisotopic (exact) mass is 520 g/mol. The van der Waals surface area contributed by atoms with Crippen molar-refractivity contribution in [2.24, 2.45) is 0 Å². The van der Waals surface area contributed by atoms with E-state index in [9.17, 15) is 14.4 Å². The highest BCUT2D eigenvalue weighted by Gasteiger charge is 2.17. The van der Waals surface area contributed by atoms with Gasteiger partial charge in [0.25, 0.3) is 17.4 Å². The molecule has 2 aromatic carbocycles. The van der Waals surface area contributed by atoms with Gasteiger partial charge in [0.05, 0.1) is 23.5 Å². The molecule has 37 heavy (non-hydrogen) atoms. The van der Waals surface area contributed by atoms with Crippen molar-refractivity contribution in [3.63, 3.8) is 0 Å². The minimum absolute atomic E-state index is 0.101. The molecule has 190 valence electrons. The van der Waals surface area contributed by atoms with E-state index in [1.165, 1.54) is 25.3 Å². The SMILES string of the molecule is COc1nc(C)c2cc(C(=O)Nc3cc(C(=O)NCCCc4cccc(N)c4)ccc3Cl)c(=O)[nH]c2n1. The highest BCUT2D eigenvalue weighted by molar-refractivity contribution is 6.34. The van der Waals surface area contributed by atoms with E-state index < -0.39 is 11.5 Å². The fraction of sp³-hybridized carbons (Fsp3) is 0.192. The van der Waals surface area contributed by atoms with Crippen LogP contribution >= 0.6 is 11.6 Å². The number of methoxy groups -OCH3 is 1. The van der Waals surface area contributed by atoms with Gasteiger partial charge in [-0.05, 0) is 61.7 Å². The number of aryl methyl sites for hydroxylation is 2. The Morgan fingerprint density at radius 3 is 2.68 bits per heavy atom. The number of carbonyl (C=O) groups excluding carboxylic acids is 2. The molecule has 2 heterocycles. The number of nitrogens with one attached hydrogen (secondary N) is 3. The summed E-state index contributed by atoms with van der Waals surface area (Å²) in [7, 11) is 1.42. The molecule has 11 heteroatoms. The van der Waals surface area contributed by atoms with Gasteiger partial charge in [-0.2, -0.15) is 9.97 Å². The molecule has 4 aromatic rings. The zero-order chi connectivity index (χ0) is 26.5. The molecule has 0 spiro atoms. The molecule has 0 radical (unpaired) electrons. The minimum atomic E-state index is -0.694. The highest BCUT2D eigenvalue weighted by Crippen LogP contribution is 2.24. The van der Waals surface area contributed by atoms with E-state index in [4.69, 9.17) is 22.1 Å². The summed E-state index contributed by atoms with van der Waals surface area (Å²) in [6, 6.07) is 13.6. The number of benzene rings is 2. The predicted molar refractivity (Wildman–Crippen MR) is 142 cm³/mol. The molecule has 0 aliphatic rings. The number of aromatic amines is 1. The normalized spacial score (nSPS) is 10.8. The van der Waals surface area contributed by atoms with Crippen molar-refractivity contribution in [2.75, 3.05) is 24.7 Å². The number of nitrogen functional groups attached to an aromatic ring is 1. The number of aromatic nitrogens is 3. The molecule has 4 rings (SSSR count). The molecule has 0 unspecified atom stereocenters. The van der Waals surface area contributed by atoms with E-state index in [0.717, 1.165) is 18.4 Å². The van der Waals surface area contributed by atoms with Gasteiger partial charge in [0.2, 0.25) is 0 Å². The fourth-order valence-electron chi connectivity index (χ4n) is 3.77. The van der Waals surface area contributed by atoms with Crippen LogP contribution in [0.3, 0.4) is 0 Å². The van der Waals surface area contributed by atoms with Crippen molar-refractivity contribution in [2.45, 2.75) is 19.8 Å². The summed E-state index contributed by atoms with van der Waals surface area (Å²) in [5, 5.41) is 6.17. The van der Waals surface area contributed by atoms with E-state index in [0.29, 0.717) is 28.9 Å². The molecular formula is C26H25ClN6O4. The summed E-state index contributed by atoms with van der Waals surface area (Å²) < 4.78 is 5.02. The van der Waals surface area contributed by atoms with Crippen LogP contribution in [0.15, 0.2) is 53.3 Å². The van der Waals surface area contributed by atoms with Crippen molar-refractivity contribution in [3.8, 4) is 6.01 Å². The maximum atomic E-state index is 13.0. The number of amides is 2. The van der Waals surface area contributed by atoms with Gasteiger partial charge in [0.15, 0.2) is 0 Å². The van der Waals surface area contributed by atoms with Crippen LogP contribution in [0.2, 0.25) is 5.02 Å². The molecule has 0 atom stereocenters. The predicted octanol–water partition coefficient (Wildman–Crippen LogP) is 3.49. The Morgan fingerprint density at radius 2 is 1.92 bits per heavy atom. The standard InChI is InChI=1S/C26H25ClN6O4/c1-14-18-13-19(25(36)32-22(18)33-26(30-14)37-2)24(35)31-21-12-16(8-9-20(21)27)23(34)29-10-4-6-15-5-3-7-17(28)11-15/h3,5,7-9,11-13H,4,6,10,28H2,1-2H3,(H,29,34)(H,31,35)(H,30,32,33,36). The zero-order valence-electron chi connectivity index (χ0n) is 20.2. The smallest absolute Gasteiger partial charge is 0.318 e. The van der Waals surface area contributed by atoms with Gasteiger partial charge in [-0.1, -0.05) is 23.7 Å². The first kappa shape index (κ1) is 25.6. The highest BCUT2D eigenvalue weighted by atomic mass is 35.5. The second-order valence-electron chi connectivity index (χ2n) is 8.32. The van der Waals surface area contributed by atoms with Crippen LogP contribution in [0.4, 0.5) is 11.4 Å². The third-order valence-electron chi connectivity index (χ3n) is 5.66. The summed E-state index contributed by atoms with van der Waals surface area (Å²) in [5.41, 5.74) is 8.07. The van der Waals surface area contributed by atoms with Crippen LogP contribution in [0.25, 0.3) is 11.0 Å². The lowest BCUT2D eigenvalue weighted by molar-refractivity contribution is 0.0951. The molecule has 0 saturated carbocycles. The van der Waals surface area contributed by atoms with Crippen molar-refractivity contribution in [1.82, 2.24) is 20.3 Å². The Morgan fingerprint density at radius 1 is 1.11 bits per heavy atom. The number of hydrogen-bond acceptors (Lipinski definition) is 7. The van der Waals surface area contributed by atoms with E-state index in [-0.39, 0.29) is 33.8 Å². The van der Waals surface area contributed by atoms with Crippen molar-refractivity contribution in [3.05, 3.63) is 86.3 Å². The number of carbonyl (C=O) groups is 2. The first-order valence-corrected chi connectivity index (χ1v) is 11.8. The molecule has 2 amide bonds. The topological polar surface area (TPSA) is 152 Å². The fourth-order valence-corrected chi connectivity index (χ4v) is 3.93. The number of nitrogens with two attached hydrogens (primary N) is 1. The summed E-state index contributed by atoms with van der Waals surface area (Å²) in [6.07, 6.45) is 1.50. The van der Waals surface area contributed by atoms with Gasteiger partial charge in [-0.3, -0.25) is 14.4 Å². The third-order valence-corrected chi connectivity index (χ3v) is 5.99. The number of fused-ring (bicyclic) bond motifs is 1. The first-order valence-electron chi connectivity index (χ1n) is 11.4. The molecule has 5 N–H and O–H groups in total. The van der Waals surface area contributed by atoms with Gasteiger partial charge in [-0.15, -0.1) is 0 Å². The number of nitrogens with zero attached hydrogens (tertiary/aromatic N) is 2. The van der Waals surface area contributed by atoms with Crippen molar-refractivity contribution < 1.29 is 14.3 Å². The molecule has 0 aliphatic heterocycles. The Hall–Kier alpha value is -4.44. The Bertz CT molecular complexity index is 1550. The van der Waals surface area contributed by atoms with Crippen molar-refractivity contribution in [1.29, 1.82) is 0 Å². The summed E-state index contributed by atoms with van der Waals surface area (Å²) in [6.45, 7) is 2.16. The Labute approximate surface area is 217 Å². The molecule has 0 fully saturated rings. The van der Waals surface area contributed by atoms with Gasteiger partial charge in [0, 0.05) is 23.2 Å². The van der Waals surface area contributed by atoms with Crippen LogP contribution in [0, 0.1) is 6.92 Å². The maximum Gasteiger partial charge on any atom is 0.318 e. The quantitative estimate of drug-likeness (QED) is 0.205. The zero-order valence-corrected chi connectivity index (χ0v) is 21.0. The molecule has 0 aliphatic carbocycles. The molecule has 0 saturated heterocycles. The lowest BCUT2D eigenvalue weighted by atomic mass is 10.1. The van der Waals surface area contributed by atoms with Gasteiger partial charge in [0.1, 0.15) is 11.2 Å². The Kier molecular flexibility index (Phi) is 7.69. The number of rotatable bonds is 8. The van der Waals surface area contributed by atoms with E-state index in [2.05, 4.69) is 25.6 Å². The van der Waals surface area contributed by atoms with E-state index in [1.54, 1.807) is 13.0 Å². The molecule has 2 aromatic heterocycles. The van der Waals surface area contributed by atoms with Crippen LogP contribution in [0.1, 0.15) is 38.4 Å². The summed E-state index contributed by atoms with van der Waals surface area (Å²) in [4.78, 5) is 49.0. The molecular weight excluding hydrogens is 496 g/mol. The second kappa shape index (κ2) is 11.1. The number of anilines is 2. The summed E-state index contributed by atoms with van der Waals surface area (Å²) in [5.74, 6) is -1.01. The number of hydrogen-bond donors (Lipinski definition) is 4. The van der Waals surface area contributed by atoms with Crippen LogP contribution in [-0.4, -0.2) is 40.4 Å². The van der Waals surface area contributed by atoms with E-state index >= 15 is 0 Å². The van der Waals surface area contributed by atoms with Crippen LogP contribution < -0.4 is 26.7 Å². The summed E-state index contributed by atoms with van der Waals surface area (Å²) >= 11 is 6.26. The largest absolute Gasteiger partial charge is 0.467 e. The maximum absolute atomic E-state index is 13.0. The van der Waals surface area contributed by atoms with Crippen LogP contribution in [-0.2, 0) is 6.42 Å². The first-order chi connectivity index (χ1) is 17.7. The van der Waals surface area contributed by atoms with Gasteiger partial charge >= 0.3 is 6.01 Å². The molecule has 10 nitrogen and oxygen atoms in total. The van der Waals surface area contributed by atoms with Crippen molar-refractivity contribution >= 4 is 45.8 Å². The van der Waals surface area contributed by atoms with Gasteiger partial charge < -0.3 is 26.1 Å². The lowest BCUT2D eigenvalue weighted by Crippen LogP contribution is -2.26. The van der Waals surface area contributed by atoms with Crippen LogP contribution in [0.5, 0.6) is 6.01 Å². The lowest BCUT2D eigenvalue weighted by Gasteiger charge is -2.11. The average Bonchev–Trinajstić information content (AvgIpc) is 2.87. The number of H-pyrrole nitrogens is 1. The second-order valence-corrected chi connectivity index (χ2v) is 8.73. The minimum Gasteiger partial charge on any atom is -0.467 e. The number of ether oxygens (including phenoxy) is 1. The Balaban J connectivity index is 1.45.